The van der Waals surface area contributed by atoms with E-state index in [4.69, 9.17) is 19.2 Å². The number of para-hydroxylation sites is 2. The van der Waals surface area contributed by atoms with Crippen LogP contribution in [0, 0.1) is 0 Å². The van der Waals surface area contributed by atoms with Crippen LogP contribution in [0.2, 0.25) is 0 Å². The van der Waals surface area contributed by atoms with Crippen molar-refractivity contribution in [2.24, 2.45) is 0 Å². The van der Waals surface area contributed by atoms with Crippen LogP contribution in [0.25, 0.3) is 22.4 Å². The molecule has 0 spiro atoms. The zero-order valence-corrected chi connectivity index (χ0v) is 20.9. The number of rotatable bonds is 9. The molecule has 0 aliphatic heterocycles. The number of hydrogen-bond donors (Lipinski definition) is 0. The Morgan fingerprint density at radius 2 is 1.51 bits per heavy atom. The molecule has 5 rings (SSSR count). The highest BCUT2D eigenvalue weighted by atomic mass is 16.5. The lowest BCUT2D eigenvalue weighted by atomic mass is 10.1. The quantitative estimate of drug-likeness (QED) is 0.178. The Morgan fingerprint density at radius 3 is 2.27 bits per heavy atom. The second-order valence-electron chi connectivity index (χ2n) is 8.68. The predicted octanol–water partition coefficient (Wildman–Crippen LogP) is 6.31. The van der Waals surface area contributed by atoms with E-state index in [1.54, 1.807) is 14.2 Å². The van der Waals surface area contributed by atoms with Crippen LogP contribution in [-0.2, 0) is 17.8 Å². The third-order valence-electron chi connectivity index (χ3n) is 6.25. The number of ether oxygens (including phenoxy) is 3. The van der Waals surface area contributed by atoms with Gasteiger partial charge in [-0.05, 0) is 66.1 Å². The molecule has 0 amide bonds. The van der Waals surface area contributed by atoms with Crippen LogP contribution in [0.3, 0.4) is 0 Å². The van der Waals surface area contributed by atoms with Gasteiger partial charge in [0.1, 0.15) is 11.6 Å². The molecule has 1 aromatic heterocycles. The molecule has 0 N–H and O–H groups in total. The van der Waals surface area contributed by atoms with Crippen LogP contribution >= 0.6 is 0 Å². The molecule has 0 saturated heterocycles. The first kappa shape index (κ1) is 24.1. The summed E-state index contributed by atoms with van der Waals surface area (Å²) in [6, 6.07) is 31.6. The summed E-state index contributed by atoms with van der Waals surface area (Å²) in [6.07, 6.45) is 0.797. The van der Waals surface area contributed by atoms with Gasteiger partial charge in [-0.25, -0.2) is 4.98 Å². The summed E-state index contributed by atoms with van der Waals surface area (Å²) in [5, 5.41) is 0. The molecule has 5 aromatic rings. The van der Waals surface area contributed by atoms with E-state index in [9.17, 15) is 4.79 Å². The van der Waals surface area contributed by atoms with Gasteiger partial charge in [-0.3, -0.25) is 4.79 Å². The Hall–Kier alpha value is -4.58. The molecule has 4 aromatic carbocycles. The Labute approximate surface area is 216 Å². The van der Waals surface area contributed by atoms with Crippen molar-refractivity contribution in [1.82, 2.24) is 9.55 Å². The smallest absolute Gasteiger partial charge is 0.311 e. The molecule has 0 fully saturated rings. The number of aromatic nitrogens is 2. The molecule has 6 nitrogen and oxygen atoms in total. The molecule has 0 atom stereocenters. The maximum atomic E-state index is 12.5. The number of imidazole rings is 1. The SMILES string of the molecule is COc1ccc(CCC(=O)Oc2ccc(-c3nc4ccccc4n3Cc3ccccc3)cc2)cc1OC. The summed E-state index contributed by atoms with van der Waals surface area (Å²) >= 11 is 0. The Bertz CT molecular complexity index is 1510. The fourth-order valence-electron chi connectivity index (χ4n) is 4.36. The first-order chi connectivity index (χ1) is 18.1. The van der Waals surface area contributed by atoms with Gasteiger partial charge in [-0.15, -0.1) is 0 Å². The number of esters is 1. The van der Waals surface area contributed by atoms with Crippen molar-refractivity contribution in [1.29, 1.82) is 0 Å². The lowest BCUT2D eigenvalue weighted by Gasteiger charge is -2.11. The van der Waals surface area contributed by atoms with E-state index in [2.05, 4.69) is 22.8 Å². The van der Waals surface area contributed by atoms with Gasteiger partial charge in [-0.2, -0.15) is 0 Å². The monoisotopic (exact) mass is 492 g/mol. The summed E-state index contributed by atoms with van der Waals surface area (Å²) < 4.78 is 18.4. The summed E-state index contributed by atoms with van der Waals surface area (Å²) in [5.41, 5.74) is 5.15. The van der Waals surface area contributed by atoms with Crippen LogP contribution in [-0.4, -0.2) is 29.7 Å². The van der Waals surface area contributed by atoms with Crippen LogP contribution in [0.5, 0.6) is 17.2 Å². The molecular formula is C31H28N2O4. The van der Waals surface area contributed by atoms with E-state index in [0.717, 1.165) is 28.0 Å². The number of fused-ring (bicyclic) bond motifs is 1. The van der Waals surface area contributed by atoms with E-state index >= 15 is 0 Å². The maximum Gasteiger partial charge on any atom is 0.311 e. The van der Waals surface area contributed by atoms with Gasteiger partial charge in [0.05, 0.1) is 25.3 Å². The van der Waals surface area contributed by atoms with Gasteiger partial charge in [0.15, 0.2) is 11.5 Å². The van der Waals surface area contributed by atoms with E-state index < -0.39 is 0 Å². The van der Waals surface area contributed by atoms with Crippen molar-refractivity contribution in [3.05, 3.63) is 108 Å². The topological polar surface area (TPSA) is 62.6 Å². The van der Waals surface area contributed by atoms with E-state index in [1.165, 1.54) is 5.56 Å². The minimum atomic E-state index is -0.293. The summed E-state index contributed by atoms with van der Waals surface area (Å²) in [7, 11) is 3.19. The highest BCUT2D eigenvalue weighted by Crippen LogP contribution is 2.29. The molecule has 0 unspecified atom stereocenters. The van der Waals surface area contributed by atoms with Crippen LogP contribution in [0.1, 0.15) is 17.5 Å². The first-order valence-electron chi connectivity index (χ1n) is 12.2. The largest absolute Gasteiger partial charge is 0.493 e. The fourth-order valence-corrected chi connectivity index (χ4v) is 4.36. The van der Waals surface area contributed by atoms with Gasteiger partial charge in [0, 0.05) is 18.5 Å². The van der Waals surface area contributed by atoms with Crippen molar-refractivity contribution < 1.29 is 19.0 Å². The third-order valence-corrected chi connectivity index (χ3v) is 6.25. The lowest BCUT2D eigenvalue weighted by molar-refractivity contribution is -0.134. The molecule has 37 heavy (non-hydrogen) atoms. The van der Waals surface area contributed by atoms with Gasteiger partial charge in [-0.1, -0.05) is 48.5 Å². The summed E-state index contributed by atoms with van der Waals surface area (Å²) in [4.78, 5) is 17.4. The predicted molar refractivity (Wildman–Crippen MR) is 144 cm³/mol. The second kappa shape index (κ2) is 11.0. The highest BCUT2D eigenvalue weighted by Gasteiger charge is 2.14. The number of hydrogen-bond acceptors (Lipinski definition) is 5. The Balaban J connectivity index is 1.29. The van der Waals surface area contributed by atoms with Crippen LogP contribution in [0.4, 0.5) is 0 Å². The third kappa shape index (κ3) is 5.48. The molecule has 0 bridgehead atoms. The molecule has 6 heteroatoms. The molecule has 1 heterocycles. The minimum absolute atomic E-state index is 0.254. The molecule has 0 aliphatic carbocycles. The Morgan fingerprint density at radius 1 is 0.784 bits per heavy atom. The summed E-state index contributed by atoms with van der Waals surface area (Å²) in [5.74, 6) is 2.38. The molecular weight excluding hydrogens is 464 g/mol. The van der Waals surface area contributed by atoms with Crippen LogP contribution < -0.4 is 14.2 Å². The summed E-state index contributed by atoms with van der Waals surface area (Å²) in [6.45, 7) is 0.712. The van der Waals surface area contributed by atoms with Crippen molar-refractivity contribution in [3.63, 3.8) is 0 Å². The maximum absolute atomic E-state index is 12.5. The number of benzene rings is 4. The standard InChI is InChI=1S/C31H28N2O4/c1-35-28-18-12-22(20-29(28)36-2)13-19-30(34)37-25-16-14-24(15-17-25)31-32-26-10-6-7-11-27(26)33(31)21-23-8-4-3-5-9-23/h3-12,14-18,20H,13,19,21H2,1-2H3. The zero-order valence-electron chi connectivity index (χ0n) is 20.9. The lowest BCUT2D eigenvalue weighted by Crippen LogP contribution is -2.09. The van der Waals surface area contributed by atoms with Crippen molar-refractivity contribution >= 4 is 17.0 Å². The number of carbonyl (C=O) groups is 1. The normalized spacial score (nSPS) is 10.9. The van der Waals surface area contributed by atoms with Gasteiger partial charge in [0.25, 0.3) is 0 Å². The van der Waals surface area contributed by atoms with Crippen molar-refractivity contribution in [2.45, 2.75) is 19.4 Å². The number of aryl methyl sites for hydroxylation is 1. The molecule has 0 radical (unpaired) electrons. The number of nitrogens with zero attached hydrogens (tertiary/aromatic N) is 2. The van der Waals surface area contributed by atoms with E-state index in [1.807, 2.05) is 78.9 Å². The zero-order chi connectivity index (χ0) is 25.6. The van der Waals surface area contributed by atoms with E-state index in [0.29, 0.717) is 30.2 Å². The fraction of sp³-hybridized carbons (Fsp3) is 0.161. The first-order valence-corrected chi connectivity index (χ1v) is 12.2. The average molecular weight is 493 g/mol. The molecule has 0 aliphatic rings. The van der Waals surface area contributed by atoms with Gasteiger partial charge >= 0.3 is 5.97 Å². The van der Waals surface area contributed by atoms with Crippen LogP contribution in [0.15, 0.2) is 97.1 Å². The molecule has 0 saturated carbocycles. The Kier molecular flexibility index (Phi) is 7.17. The number of methoxy groups -OCH3 is 2. The molecule has 186 valence electrons. The number of carbonyl (C=O) groups excluding carboxylic acids is 1. The highest BCUT2D eigenvalue weighted by molar-refractivity contribution is 5.81. The van der Waals surface area contributed by atoms with Crippen molar-refractivity contribution in [2.75, 3.05) is 14.2 Å². The van der Waals surface area contributed by atoms with Gasteiger partial charge < -0.3 is 18.8 Å². The minimum Gasteiger partial charge on any atom is -0.493 e. The van der Waals surface area contributed by atoms with Gasteiger partial charge in [0.2, 0.25) is 0 Å². The average Bonchev–Trinajstić information content (AvgIpc) is 3.31. The van der Waals surface area contributed by atoms with Crippen molar-refractivity contribution in [3.8, 4) is 28.6 Å². The van der Waals surface area contributed by atoms with E-state index in [-0.39, 0.29) is 12.4 Å². The second-order valence-corrected chi connectivity index (χ2v) is 8.68.